The molecule has 4 aromatic rings. The van der Waals surface area contributed by atoms with Gasteiger partial charge in [0.15, 0.2) is 0 Å². The Morgan fingerprint density at radius 3 is 2.50 bits per heavy atom. The number of aliphatic hydroxyl groups is 1. The third kappa shape index (κ3) is 7.20. The highest BCUT2D eigenvalue weighted by Gasteiger charge is 2.33. The van der Waals surface area contributed by atoms with Crippen LogP contribution < -0.4 is 10.6 Å². The molecule has 1 atom stereocenters. The van der Waals surface area contributed by atoms with Gasteiger partial charge in [-0.1, -0.05) is 54.6 Å². The van der Waals surface area contributed by atoms with Crippen LogP contribution in [-0.4, -0.2) is 43.9 Å². The van der Waals surface area contributed by atoms with E-state index in [1.165, 1.54) is 0 Å². The third-order valence-corrected chi connectivity index (χ3v) is 8.10. The van der Waals surface area contributed by atoms with Crippen LogP contribution in [0.3, 0.4) is 0 Å². The normalized spacial score (nSPS) is 17.3. The van der Waals surface area contributed by atoms with Crippen LogP contribution in [0.5, 0.6) is 0 Å². The lowest BCUT2D eigenvalue weighted by Crippen LogP contribution is -2.35. The smallest absolute Gasteiger partial charge is 0.228 e. The van der Waals surface area contributed by atoms with Gasteiger partial charge in [-0.05, 0) is 54.2 Å². The zero-order valence-corrected chi connectivity index (χ0v) is 23.9. The molecular formula is C33H37N7O2. The number of benzene rings is 2. The second kappa shape index (κ2) is 13.9. The van der Waals surface area contributed by atoms with Gasteiger partial charge < -0.3 is 15.7 Å². The van der Waals surface area contributed by atoms with Crippen molar-refractivity contribution < 1.29 is 9.90 Å². The predicted molar refractivity (Wildman–Crippen MR) is 161 cm³/mol. The van der Waals surface area contributed by atoms with Crippen molar-refractivity contribution in [2.45, 2.75) is 44.6 Å². The zero-order chi connectivity index (χ0) is 29.3. The number of nitrogens with one attached hydrogen (secondary N) is 2. The van der Waals surface area contributed by atoms with Gasteiger partial charge in [-0.3, -0.25) is 9.48 Å². The van der Waals surface area contributed by atoms with E-state index in [9.17, 15) is 10.1 Å². The van der Waals surface area contributed by atoms with Crippen molar-refractivity contribution in [2.75, 3.05) is 18.5 Å². The molecule has 9 heteroatoms. The molecule has 0 saturated heterocycles. The van der Waals surface area contributed by atoms with Crippen molar-refractivity contribution in [1.29, 1.82) is 5.26 Å². The van der Waals surface area contributed by atoms with E-state index in [-0.39, 0.29) is 24.3 Å². The summed E-state index contributed by atoms with van der Waals surface area (Å²) in [5.74, 6) is 1.62. The van der Waals surface area contributed by atoms with Crippen molar-refractivity contribution in [3.05, 3.63) is 95.7 Å². The number of rotatable bonds is 11. The van der Waals surface area contributed by atoms with Gasteiger partial charge in [-0.2, -0.15) is 10.4 Å². The maximum Gasteiger partial charge on any atom is 0.228 e. The Kier molecular flexibility index (Phi) is 9.57. The van der Waals surface area contributed by atoms with Crippen LogP contribution in [0.1, 0.15) is 54.1 Å². The van der Waals surface area contributed by atoms with Crippen LogP contribution in [0.25, 0.3) is 11.1 Å². The number of hydrogen-bond acceptors (Lipinski definition) is 7. The largest absolute Gasteiger partial charge is 0.395 e. The molecule has 42 heavy (non-hydrogen) atoms. The van der Waals surface area contributed by atoms with Crippen LogP contribution in [0.2, 0.25) is 0 Å². The highest BCUT2D eigenvalue weighted by atomic mass is 16.3. The molecule has 0 radical (unpaired) electrons. The molecule has 216 valence electrons. The molecule has 2 aromatic carbocycles. The van der Waals surface area contributed by atoms with Gasteiger partial charge >= 0.3 is 0 Å². The summed E-state index contributed by atoms with van der Waals surface area (Å²) < 4.78 is 1.79. The molecule has 1 aliphatic carbocycles. The maximum atomic E-state index is 13.7. The summed E-state index contributed by atoms with van der Waals surface area (Å²) in [6.07, 6.45) is 9.93. The molecule has 3 N–H and O–H groups in total. The second-order valence-electron chi connectivity index (χ2n) is 11.0. The number of anilines is 1. The van der Waals surface area contributed by atoms with Crippen molar-refractivity contribution in [3.63, 3.8) is 0 Å². The summed E-state index contributed by atoms with van der Waals surface area (Å²) in [5, 5.41) is 29.0. The SMILES string of the molecule is Cn1cc(-c2ccc(C(C(=O)NCc3ccccc3)[C@H]3CC[C@H](Cc4ncc(C#N)c(NCCO)n4)CC3)cc2)cn1. The van der Waals surface area contributed by atoms with Gasteiger partial charge in [-0.25, -0.2) is 9.97 Å². The molecule has 2 heterocycles. The molecule has 2 aromatic heterocycles. The van der Waals surface area contributed by atoms with E-state index in [0.717, 1.165) is 54.4 Å². The molecule has 0 bridgehead atoms. The van der Waals surface area contributed by atoms with Gasteiger partial charge in [-0.15, -0.1) is 0 Å². The molecular weight excluding hydrogens is 526 g/mol. The predicted octanol–water partition coefficient (Wildman–Crippen LogP) is 4.60. The number of nitrogens with zero attached hydrogens (tertiary/aromatic N) is 5. The molecule has 5 rings (SSSR count). The Bertz CT molecular complexity index is 1500. The number of aliphatic hydroxyl groups excluding tert-OH is 1. The van der Waals surface area contributed by atoms with Crippen LogP contribution in [0.15, 0.2) is 73.2 Å². The monoisotopic (exact) mass is 563 g/mol. The lowest BCUT2D eigenvalue weighted by molar-refractivity contribution is -0.124. The molecule has 1 saturated carbocycles. The van der Waals surface area contributed by atoms with E-state index in [2.05, 4.69) is 56.0 Å². The van der Waals surface area contributed by atoms with E-state index in [1.807, 2.05) is 49.8 Å². The molecule has 1 aliphatic rings. The minimum Gasteiger partial charge on any atom is -0.395 e. The quantitative estimate of drug-likeness (QED) is 0.243. The van der Waals surface area contributed by atoms with Crippen LogP contribution in [0, 0.1) is 23.2 Å². The number of aromatic nitrogens is 4. The minimum absolute atomic E-state index is 0.0412. The summed E-state index contributed by atoms with van der Waals surface area (Å²) in [6.45, 7) is 0.787. The number of hydrogen-bond donors (Lipinski definition) is 3. The molecule has 9 nitrogen and oxygen atoms in total. The first kappa shape index (κ1) is 29.0. The Labute approximate surface area is 246 Å². The first-order valence-electron chi connectivity index (χ1n) is 14.6. The summed E-state index contributed by atoms with van der Waals surface area (Å²) in [6, 6.07) is 20.5. The van der Waals surface area contributed by atoms with Crippen molar-refractivity contribution in [1.82, 2.24) is 25.1 Å². The van der Waals surface area contributed by atoms with E-state index >= 15 is 0 Å². The average molecular weight is 564 g/mol. The summed E-state index contributed by atoms with van der Waals surface area (Å²) >= 11 is 0. The third-order valence-electron chi connectivity index (χ3n) is 8.10. The number of carbonyl (C=O) groups is 1. The second-order valence-corrected chi connectivity index (χ2v) is 11.0. The highest BCUT2D eigenvalue weighted by molar-refractivity contribution is 5.84. The van der Waals surface area contributed by atoms with Crippen LogP contribution >= 0.6 is 0 Å². The number of aryl methyl sites for hydroxylation is 1. The summed E-state index contributed by atoms with van der Waals surface area (Å²) in [4.78, 5) is 22.7. The van der Waals surface area contributed by atoms with E-state index in [1.54, 1.807) is 10.9 Å². The van der Waals surface area contributed by atoms with E-state index in [0.29, 0.717) is 36.2 Å². The molecule has 1 amide bonds. The lowest BCUT2D eigenvalue weighted by Gasteiger charge is -2.33. The average Bonchev–Trinajstić information content (AvgIpc) is 3.47. The van der Waals surface area contributed by atoms with Crippen LogP contribution in [-0.2, 0) is 24.8 Å². The molecule has 0 spiro atoms. The summed E-state index contributed by atoms with van der Waals surface area (Å²) in [7, 11) is 1.90. The first-order chi connectivity index (χ1) is 20.5. The van der Waals surface area contributed by atoms with Gasteiger partial charge in [0.25, 0.3) is 0 Å². The first-order valence-corrected chi connectivity index (χ1v) is 14.6. The Morgan fingerprint density at radius 2 is 1.83 bits per heavy atom. The lowest BCUT2D eigenvalue weighted by atomic mass is 9.72. The number of carbonyl (C=O) groups excluding carboxylic acids is 1. The number of amides is 1. The summed E-state index contributed by atoms with van der Waals surface area (Å²) in [5.41, 5.74) is 4.61. The molecule has 1 fully saturated rings. The Balaban J connectivity index is 1.28. The van der Waals surface area contributed by atoms with E-state index in [4.69, 9.17) is 5.11 Å². The van der Waals surface area contributed by atoms with Gasteiger partial charge in [0.05, 0.1) is 24.9 Å². The standard InChI is InChI=1S/C33H37N7O2/c1-40-22-29(21-38-40)25-11-13-27(14-12-25)31(33(42)37-19-24-5-3-2-4-6-24)26-9-7-23(8-10-26)17-30-36-20-28(18-34)32(39-30)35-15-16-41/h2-6,11-14,20-23,26,31,41H,7-10,15-17,19H2,1H3,(H,37,42)(H,35,36,39)/t23-,26-,31?. The fraction of sp³-hybridized carbons (Fsp3) is 0.364. The van der Waals surface area contributed by atoms with Gasteiger partial charge in [0.1, 0.15) is 23.3 Å². The Hall–Kier alpha value is -4.55. The van der Waals surface area contributed by atoms with Gasteiger partial charge in [0, 0.05) is 38.3 Å². The maximum absolute atomic E-state index is 13.7. The van der Waals surface area contributed by atoms with Crippen LogP contribution in [0.4, 0.5) is 5.82 Å². The molecule has 1 unspecified atom stereocenters. The molecule has 0 aliphatic heterocycles. The fourth-order valence-electron chi connectivity index (χ4n) is 5.88. The van der Waals surface area contributed by atoms with Gasteiger partial charge in [0.2, 0.25) is 5.91 Å². The number of nitriles is 1. The van der Waals surface area contributed by atoms with Crippen molar-refractivity contribution in [2.24, 2.45) is 18.9 Å². The van der Waals surface area contributed by atoms with Crippen molar-refractivity contribution >= 4 is 11.7 Å². The Morgan fingerprint density at radius 1 is 1.07 bits per heavy atom. The topological polar surface area (TPSA) is 129 Å². The van der Waals surface area contributed by atoms with E-state index < -0.39 is 0 Å². The zero-order valence-electron chi connectivity index (χ0n) is 23.9. The fourth-order valence-corrected chi connectivity index (χ4v) is 5.88. The highest BCUT2D eigenvalue weighted by Crippen LogP contribution is 2.40. The minimum atomic E-state index is -0.238. The van der Waals surface area contributed by atoms with Crippen molar-refractivity contribution in [3.8, 4) is 17.2 Å².